The summed E-state index contributed by atoms with van der Waals surface area (Å²) in [4.78, 5) is 3.48. The van der Waals surface area contributed by atoms with E-state index in [1.54, 1.807) is 14.2 Å². The minimum absolute atomic E-state index is 0.0439. The summed E-state index contributed by atoms with van der Waals surface area (Å²) in [7, 11) is 1.94. The molecule has 1 aliphatic heterocycles. The van der Waals surface area contributed by atoms with Crippen molar-refractivity contribution in [3.05, 3.63) is 107 Å². The molecule has 11 heteroatoms. The van der Waals surface area contributed by atoms with Crippen LogP contribution in [0.2, 0.25) is 0 Å². The van der Waals surface area contributed by atoms with E-state index in [0.717, 1.165) is 28.2 Å². The summed E-state index contributed by atoms with van der Waals surface area (Å²) in [6.07, 6.45) is -0.766. The van der Waals surface area contributed by atoms with E-state index in [1.165, 1.54) is 0 Å². The zero-order valence-electron chi connectivity index (χ0n) is 33.9. The van der Waals surface area contributed by atoms with Gasteiger partial charge in [-0.25, -0.2) is 11.2 Å². The second kappa shape index (κ2) is 21.3. The molecular formula is C43H62N3O7P. The van der Waals surface area contributed by atoms with Gasteiger partial charge in [0.25, 0.3) is 8.53 Å². The van der Waals surface area contributed by atoms with Crippen molar-refractivity contribution in [2.24, 2.45) is 11.8 Å². The minimum atomic E-state index is -1.39. The maximum atomic E-state index is 7.23. The van der Waals surface area contributed by atoms with Crippen LogP contribution in [0.15, 0.2) is 78.9 Å². The standard InChI is InChI=1S/C43H62N3O7P/c1-30(2)45-41-34(8)33(7)40(29-52-54(51-26-25-44-9)46(31(3)4)32(5)6)53-42(41)49-27-28-50-43(35-15-13-12-14-16-35,36-17-21-38(47-10)22-18-36)37-19-23-39(48-11)24-20-37/h12-24,30-34,40-42,45H,25-29H2,1-8,10-11H3. The van der Waals surface area contributed by atoms with Gasteiger partial charge in [-0.1, -0.05) is 82.3 Å². The number of nitrogens with one attached hydrogen (secondary N) is 1. The summed E-state index contributed by atoms with van der Waals surface area (Å²) in [5, 5.41) is 3.72. The van der Waals surface area contributed by atoms with E-state index in [0.29, 0.717) is 19.8 Å². The molecule has 3 aromatic carbocycles. The largest absolute Gasteiger partial charge is 0.497 e. The SMILES string of the molecule is [C-]#[N+]CCOP(OCC1OC(OCCOC(c2ccccc2)(c2ccc(OC)cc2)c2ccc(OC)cc2)C(NC(C)C)C(C)C1C)N(C(C)C)C(C)C. The minimum Gasteiger partial charge on any atom is -0.497 e. The zero-order valence-corrected chi connectivity index (χ0v) is 34.8. The first-order valence-electron chi connectivity index (χ1n) is 19.2. The van der Waals surface area contributed by atoms with Gasteiger partial charge in [-0.3, -0.25) is 0 Å². The Labute approximate surface area is 325 Å². The van der Waals surface area contributed by atoms with Crippen LogP contribution in [0.5, 0.6) is 11.5 Å². The van der Waals surface area contributed by atoms with Crippen LogP contribution in [-0.2, 0) is 28.9 Å². The molecule has 1 aliphatic rings. The number of nitrogens with zero attached hydrogens (tertiary/aromatic N) is 2. The molecule has 0 saturated carbocycles. The van der Waals surface area contributed by atoms with Crippen LogP contribution < -0.4 is 14.8 Å². The van der Waals surface area contributed by atoms with Gasteiger partial charge in [0.05, 0.1) is 46.2 Å². The summed E-state index contributed by atoms with van der Waals surface area (Å²) in [6, 6.07) is 26.9. The van der Waals surface area contributed by atoms with Crippen LogP contribution >= 0.6 is 8.53 Å². The Morgan fingerprint density at radius 3 is 1.81 bits per heavy atom. The van der Waals surface area contributed by atoms with E-state index in [1.807, 2.05) is 42.5 Å². The van der Waals surface area contributed by atoms with Gasteiger partial charge >= 0.3 is 0 Å². The van der Waals surface area contributed by atoms with Crippen LogP contribution in [0.1, 0.15) is 72.1 Å². The third-order valence-corrected chi connectivity index (χ3v) is 12.0. The molecule has 54 heavy (non-hydrogen) atoms. The predicted molar refractivity (Wildman–Crippen MR) is 216 cm³/mol. The number of ether oxygens (including phenoxy) is 5. The van der Waals surface area contributed by atoms with E-state index in [9.17, 15) is 0 Å². The summed E-state index contributed by atoms with van der Waals surface area (Å²) >= 11 is 0. The van der Waals surface area contributed by atoms with Gasteiger partial charge in [0.2, 0.25) is 6.54 Å². The summed E-state index contributed by atoms with van der Waals surface area (Å²) in [5.41, 5.74) is 1.95. The van der Waals surface area contributed by atoms with Crippen LogP contribution in [0.4, 0.5) is 0 Å². The Morgan fingerprint density at radius 2 is 1.31 bits per heavy atom. The molecule has 0 aliphatic carbocycles. The van der Waals surface area contributed by atoms with E-state index in [-0.39, 0.29) is 55.3 Å². The van der Waals surface area contributed by atoms with Crippen LogP contribution in [-0.4, -0.2) is 88.4 Å². The fourth-order valence-electron chi connectivity index (χ4n) is 7.12. The van der Waals surface area contributed by atoms with Crippen molar-refractivity contribution in [3.63, 3.8) is 0 Å². The molecule has 0 aromatic heterocycles. The lowest BCUT2D eigenvalue weighted by atomic mass is 9.80. The monoisotopic (exact) mass is 763 g/mol. The average Bonchev–Trinajstić information content (AvgIpc) is 3.17. The van der Waals surface area contributed by atoms with E-state index < -0.39 is 20.4 Å². The van der Waals surface area contributed by atoms with Gasteiger partial charge in [0, 0.05) is 18.1 Å². The maximum Gasteiger partial charge on any atom is 0.259 e. The molecular weight excluding hydrogens is 701 g/mol. The smallest absolute Gasteiger partial charge is 0.259 e. The number of hydrogen-bond acceptors (Lipinski definition) is 9. The highest BCUT2D eigenvalue weighted by atomic mass is 31.2. The second-order valence-corrected chi connectivity index (χ2v) is 16.1. The molecule has 0 spiro atoms. The van der Waals surface area contributed by atoms with Gasteiger partial charge in [-0.2, -0.15) is 0 Å². The fraction of sp³-hybridized carbons (Fsp3) is 0.558. The maximum absolute atomic E-state index is 7.23. The molecule has 0 amide bonds. The number of rotatable bonds is 21. The van der Waals surface area contributed by atoms with Gasteiger partial charge in [-0.05, 0) is 80.5 Å². The number of methoxy groups -OCH3 is 2. The van der Waals surface area contributed by atoms with Crippen molar-refractivity contribution in [1.29, 1.82) is 0 Å². The Bertz CT molecular complexity index is 1500. The molecule has 1 heterocycles. The Hall–Kier alpha value is -3.10. The lowest BCUT2D eigenvalue weighted by Crippen LogP contribution is -2.58. The number of hydrogen-bond donors (Lipinski definition) is 1. The molecule has 6 unspecified atom stereocenters. The van der Waals surface area contributed by atoms with Crippen LogP contribution in [0.25, 0.3) is 4.85 Å². The van der Waals surface area contributed by atoms with Gasteiger partial charge in [0.1, 0.15) is 23.7 Å². The highest BCUT2D eigenvalue weighted by molar-refractivity contribution is 7.44. The van der Waals surface area contributed by atoms with Crippen molar-refractivity contribution in [1.82, 2.24) is 9.99 Å². The first-order chi connectivity index (χ1) is 26.0. The second-order valence-electron chi connectivity index (χ2n) is 14.6. The molecule has 1 fully saturated rings. The highest BCUT2D eigenvalue weighted by Crippen LogP contribution is 2.47. The van der Waals surface area contributed by atoms with Gasteiger partial charge in [0.15, 0.2) is 6.29 Å². The fourth-order valence-corrected chi connectivity index (χ4v) is 8.73. The first kappa shape index (κ1) is 43.6. The van der Waals surface area contributed by atoms with Crippen molar-refractivity contribution in [3.8, 4) is 11.5 Å². The molecule has 0 radical (unpaired) electrons. The van der Waals surface area contributed by atoms with Crippen LogP contribution in [0, 0.1) is 18.4 Å². The molecule has 6 atom stereocenters. The molecule has 296 valence electrons. The van der Waals surface area contributed by atoms with Crippen LogP contribution in [0.3, 0.4) is 0 Å². The Balaban J connectivity index is 1.59. The first-order valence-corrected chi connectivity index (χ1v) is 20.3. The van der Waals surface area contributed by atoms with E-state index >= 15 is 0 Å². The van der Waals surface area contributed by atoms with Crippen molar-refractivity contribution < 1.29 is 32.7 Å². The van der Waals surface area contributed by atoms with Crippen molar-refractivity contribution in [2.75, 3.05) is 47.2 Å². The normalized spacial score (nSPS) is 21.1. The Kier molecular flexibility index (Phi) is 17.2. The lowest BCUT2D eigenvalue weighted by molar-refractivity contribution is -0.246. The Morgan fingerprint density at radius 1 is 0.759 bits per heavy atom. The molecule has 3 aromatic rings. The highest BCUT2D eigenvalue weighted by Gasteiger charge is 2.44. The molecule has 4 rings (SSSR count). The summed E-state index contributed by atoms with van der Waals surface area (Å²) in [6.45, 7) is 26.1. The topological polar surface area (TPSA) is 84.2 Å². The van der Waals surface area contributed by atoms with Crippen molar-refractivity contribution >= 4 is 8.53 Å². The van der Waals surface area contributed by atoms with E-state index in [2.05, 4.69) is 107 Å². The molecule has 0 bridgehead atoms. The van der Waals surface area contributed by atoms with Crippen molar-refractivity contribution in [2.45, 2.75) is 97.6 Å². The summed E-state index contributed by atoms with van der Waals surface area (Å²) < 4.78 is 46.5. The molecule has 10 nitrogen and oxygen atoms in total. The van der Waals surface area contributed by atoms with E-state index in [4.69, 9.17) is 39.3 Å². The quantitative estimate of drug-likeness (QED) is 0.0496. The predicted octanol–water partition coefficient (Wildman–Crippen LogP) is 8.69. The average molecular weight is 764 g/mol. The van der Waals surface area contributed by atoms with Gasteiger partial charge < -0.3 is 42.9 Å². The zero-order chi connectivity index (χ0) is 39.3. The van der Waals surface area contributed by atoms with Gasteiger partial charge in [-0.15, -0.1) is 0 Å². The third-order valence-electron chi connectivity index (χ3n) is 9.97. The summed E-state index contributed by atoms with van der Waals surface area (Å²) in [5.74, 6) is 1.94. The molecule has 1 saturated heterocycles. The lowest BCUT2D eigenvalue weighted by Gasteiger charge is -2.46. The number of benzene rings is 3. The third kappa shape index (κ3) is 11.0. The molecule has 1 N–H and O–H groups in total.